The lowest BCUT2D eigenvalue weighted by Crippen LogP contribution is -2.31. The second-order valence-electron chi connectivity index (χ2n) is 5.03. The van der Waals surface area contributed by atoms with Crippen molar-refractivity contribution < 1.29 is 9.31 Å². The van der Waals surface area contributed by atoms with Gasteiger partial charge < -0.3 is 10.2 Å². The van der Waals surface area contributed by atoms with Crippen LogP contribution >= 0.6 is 0 Å². The zero-order valence-corrected chi connectivity index (χ0v) is 11.1. The Hall–Kier alpha value is -1.69. The summed E-state index contributed by atoms with van der Waals surface area (Å²) in [5.41, 5.74) is 0.598. The van der Waals surface area contributed by atoms with Crippen LogP contribution in [0, 0.1) is 22.9 Å². The largest absolute Gasteiger partial charge is 0.378 e. The van der Waals surface area contributed by atoms with Crippen molar-refractivity contribution in [2.75, 3.05) is 25.5 Å². The number of hydrogen-bond acceptors (Lipinski definition) is 4. The molecule has 2 rings (SSSR count). The van der Waals surface area contributed by atoms with E-state index in [0.717, 1.165) is 25.5 Å². The molecule has 0 radical (unpaired) electrons. The normalized spacial score (nSPS) is 19.6. The number of benzene rings is 1. The maximum absolute atomic E-state index is 13.4. The molecule has 1 aliphatic rings. The molecule has 1 aliphatic heterocycles. The Kier molecular flexibility index (Phi) is 3.99. The van der Waals surface area contributed by atoms with E-state index in [4.69, 9.17) is 0 Å². The minimum atomic E-state index is -0.552. The third kappa shape index (κ3) is 3.01. The van der Waals surface area contributed by atoms with Crippen molar-refractivity contribution in [2.24, 2.45) is 0 Å². The van der Waals surface area contributed by atoms with E-state index in [1.807, 2.05) is 7.05 Å². The van der Waals surface area contributed by atoms with Crippen molar-refractivity contribution in [3.63, 3.8) is 0 Å². The maximum Gasteiger partial charge on any atom is 0.295 e. The van der Waals surface area contributed by atoms with Crippen LogP contribution in [0.15, 0.2) is 12.1 Å². The lowest BCUT2D eigenvalue weighted by atomic mass is 10.1. The zero-order valence-electron chi connectivity index (χ0n) is 11.1. The molecule has 1 heterocycles. The van der Waals surface area contributed by atoms with E-state index >= 15 is 0 Å². The second-order valence-corrected chi connectivity index (χ2v) is 5.03. The average Bonchev–Trinajstić information content (AvgIpc) is 2.75. The number of rotatable bonds is 4. The maximum atomic E-state index is 13.4. The van der Waals surface area contributed by atoms with Crippen LogP contribution in [0.5, 0.6) is 0 Å². The number of hydrogen-bond donors (Lipinski definition) is 1. The third-order valence-corrected chi connectivity index (χ3v) is 3.67. The topological polar surface area (TPSA) is 58.4 Å². The SMILES string of the molecule is Cc1cc(NCC2CCCN2C)c([N+](=O)[O-])cc1F. The zero-order chi connectivity index (χ0) is 14.0. The number of likely N-dealkylation sites (tertiary alicyclic amines) is 1. The van der Waals surface area contributed by atoms with E-state index < -0.39 is 10.7 Å². The average molecular weight is 267 g/mol. The Labute approximate surface area is 111 Å². The van der Waals surface area contributed by atoms with E-state index in [0.29, 0.717) is 23.8 Å². The minimum absolute atomic E-state index is 0.205. The van der Waals surface area contributed by atoms with Gasteiger partial charge in [-0.15, -0.1) is 0 Å². The third-order valence-electron chi connectivity index (χ3n) is 3.67. The Bertz CT molecular complexity index is 493. The van der Waals surface area contributed by atoms with Gasteiger partial charge in [-0.2, -0.15) is 0 Å². The van der Waals surface area contributed by atoms with Gasteiger partial charge in [0.2, 0.25) is 0 Å². The summed E-state index contributed by atoms with van der Waals surface area (Å²) < 4.78 is 13.4. The van der Waals surface area contributed by atoms with Crippen LogP contribution in [-0.4, -0.2) is 36.0 Å². The smallest absolute Gasteiger partial charge is 0.295 e. The Morgan fingerprint density at radius 3 is 2.89 bits per heavy atom. The van der Waals surface area contributed by atoms with E-state index in [-0.39, 0.29) is 5.69 Å². The van der Waals surface area contributed by atoms with Crippen LogP contribution in [0.3, 0.4) is 0 Å². The van der Waals surface area contributed by atoms with Gasteiger partial charge in [0.1, 0.15) is 11.5 Å². The van der Waals surface area contributed by atoms with E-state index in [1.165, 1.54) is 6.07 Å². The highest BCUT2D eigenvalue weighted by Crippen LogP contribution is 2.28. The lowest BCUT2D eigenvalue weighted by molar-refractivity contribution is -0.384. The summed E-state index contributed by atoms with van der Waals surface area (Å²) in [5.74, 6) is -0.546. The predicted octanol–water partition coefficient (Wildman–Crippen LogP) is 2.55. The van der Waals surface area contributed by atoms with Gasteiger partial charge in [-0.05, 0) is 45.0 Å². The van der Waals surface area contributed by atoms with Crippen LogP contribution < -0.4 is 5.32 Å². The van der Waals surface area contributed by atoms with Gasteiger partial charge in [-0.1, -0.05) is 0 Å². The number of aryl methyl sites for hydroxylation is 1. The van der Waals surface area contributed by atoms with Crippen molar-refractivity contribution >= 4 is 11.4 Å². The molecule has 1 fully saturated rings. The van der Waals surface area contributed by atoms with Gasteiger partial charge >= 0.3 is 0 Å². The summed E-state index contributed by atoms with van der Waals surface area (Å²) in [7, 11) is 2.05. The van der Waals surface area contributed by atoms with Crippen LogP contribution in [0.25, 0.3) is 0 Å². The van der Waals surface area contributed by atoms with Gasteiger partial charge in [0.05, 0.1) is 11.0 Å². The van der Waals surface area contributed by atoms with E-state index in [2.05, 4.69) is 10.2 Å². The Morgan fingerprint density at radius 1 is 1.58 bits per heavy atom. The molecule has 1 atom stereocenters. The number of nitrogens with one attached hydrogen (secondary N) is 1. The summed E-state index contributed by atoms with van der Waals surface area (Å²) in [5, 5.41) is 14.0. The number of nitro benzene ring substituents is 1. The van der Waals surface area contributed by atoms with Crippen LogP contribution in [0.2, 0.25) is 0 Å². The minimum Gasteiger partial charge on any atom is -0.378 e. The molecule has 1 aromatic carbocycles. The molecule has 104 valence electrons. The monoisotopic (exact) mass is 267 g/mol. The van der Waals surface area contributed by atoms with Crippen LogP contribution in [0.1, 0.15) is 18.4 Å². The molecule has 0 bridgehead atoms. The van der Waals surface area contributed by atoms with Gasteiger partial charge in [0.25, 0.3) is 5.69 Å². The van der Waals surface area contributed by atoms with Crippen molar-refractivity contribution in [1.29, 1.82) is 0 Å². The summed E-state index contributed by atoms with van der Waals surface area (Å²) >= 11 is 0. The fourth-order valence-electron chi connectivity index (χ4n) is 2.43. The molecule has 0 aromatic heterocycles. The number of nitrogens with zero attached hydrogens (tertiary/aromatic N) is 2. The number of likely N-dealkylation sites (N-methyl/N-ethyl adjacent to an activating group) is 1. The molecule has 6 heteroatoms. The fourth-order valence-corrected chi connectivity index (χ4v) is 2.43. The van der Waals surface area contributed by atoms with E-state index in [9.17, 15) is 14.5 Å². The first-order valence-electron chi connectivity index (χ1n) is 6.37. The highest BCUT2D eigenvalue weighted by atomic mass is 19.1. The molecule has 19 heavy (non-hydrogen) atoms. The molecule has 5 nitrogen and oxygen atoms in total. The van der Waals surface area contributed by atoms with Crippen molar-refractivity contribution in [3.05, 3.63) is 33.6 Å². The van der Waals surface area contributed by atoms with Crippen molar-refractivity contribution in [2.45, 2.75) is 25.8 Å². The highest BCUT2D eigenvalue weighted by molar-refractivity contribution is 5.63. The summed E-state index contributed by atoms with van der Waals surface area (Å²) in [6, 6.07) is 2.86. The number of anilines is 1. The Balaban J connectivity index is 2.14. The van der Waals surface area contributed by atoms with E-state index in [1.54, 1.807) is 6.92 Å². The highest BCUT2D eigenvalue weighted by Gasteiger charge is 2.22. The number of halogens is 1. The summed E-state index contributed by atoms with van der Waals surface area (Å²) in [6.07, 6.45) is 2.23. The van der Waals surface area contributed by atoms with Gasteiger partial charge in [-0.25, -0.2) is 4.39 Å². The molecule has 0 saturated carbocycles. The molecular formula is C13H18FN3O2. The first-order valence-corrected chi connectivity index (χ1v) is 6.37. The molecular weight excluding hydrogens is 249 g/mol. The first kappa shape index (κ1) is 13.7. The van der Waals surface area contributed by atoms with Gasteiger partial charge in [0, 0.05) is 12.6 Å². The second kappa shape index (κ2) is 5.52. The predicted molar refractivity (Wildman–Crippen MR) is 71.9 cm³/mol. The van der Waals surface area contributed by atoms with Crippen LogP contribution in [-0.2, 0) is 0 Å². The number of nitro groups is 1. The van der Waals surface area contributed by atoms with Crippen molar-refractivity contribution in [3.8, 4) is 0 Å². The molecule has 1 saturated heterocycles. The van der Waals surface area contributed by atoms with Crippen LogP contribution in [0.4, 0.5) is 15.8 Å². The quantitative estimate of drug-likeness (QED) is 0.672. The molecule has 1 unspecified atom stereocenters. The standard InChI is InChI=1S/C13H18FN3O2/c1-9-6-12(13(17(18)19)7-11(9)14)15-8-10-4-3-5-16(10)2/h6-7,10,15H,3-5,8H2,1-2H3. The fraction of sp³-hybridized carbons (Fsp3) is 0.538. The summed E-state index contributed by atoms with van der Waals surface area (Å²) in [6.45, 7) is 3.30. The molecule has 0 spiro atoms. The Morgan fingerprint density at radius 2 is 2.32 bits per heavy atom. The molecule has 0 amide bonds. The molecule has 1 N–H and O–H groups in total. The summed E-state index contributed by atoms with van der Waals surface area (Å²) in [4.78, 5) is 12.6. The lowest BCUT2D eigenvalue weighted by Gasteiger charge is -2.20. The molecule has 1 aromatic rings. The van der Waals surface area contributed by atoms with Crippen molar-refractivity contribution in [1.82, 2.24) is 4.90 Å². The van der Waals surface area contributed by atoms with Gasteiger partial charge in [-0.3, -0.25) is 10.1 Å². The first-order chi connectivity index (χ1) is 8.99. The van der Waals surface area contributed by atoms with Gasteiger partial charge in [0.15, 0.2) is 0 Å². The molecule has 0 aliphatic carbocycles.